The molecule has 1 saturated carbocycles. The molecule has 1 aromatic carbocycles. The molecular formula is C16H24N2O3. The lowest BCUT2D eigenvalue weighted by molar-refractivity contribution is -0.115. The van der Waals surface area contributed by atoms with Crippen LogP contribution in [0.25, 0.3) is 0 Å². The fourth-order valence-electron chi connectivity index (χ4n) is 2.72. The zero-order chi connectivity index (χ0) is 15.1. The van der Waals surface area contributed by atoms with E-state index in [1.165, 1.54) is 0 Å². The van der Waals surface area contributed by atoms with Crippen molar-refractivity contribution < 1.29 is 14.6 Å². The third kappa shape index (κ3) is 5.36. The van der Waals surface area contributed by atoms with E-state index in [4.69, 9.17) is 4.74 Å². The molecule has 2 atom stereocenters. The van der Waals surface area contributed by atoms with Gasteiger partial charge in [-0.1, -0.05) is 6.42 Å². The van der Waals surface area contributed by atoms with Crippen molar-refractivity contribution in [2.75, 3.05) is 25.5 Å². The van der Waals surface area contributed by atoms with E-state index in [1.54, 1.807) is 7.11 Å². The van der Waals surface area contributed by atoms with Crippen LogP contribution in [0.1, 0.15) is 25.7 Å². The predicted octanol–water partition coefficient (Wildman–Crippen LogP) is 1.77. The van der Waals surface area contributed by atoms with E-state index in [9.17, 15) is 9.90 Å². The summed E-state index contributed by atoms with van der Waals surface area (Å²) in [7, 11) is 1.61. The first-order valence-corrected chi connectivity index (χ1v) is 7.50. The number of aliphatic hydroxyl groups excluding tert-OH is 1. The second-order valence-corrected chi connectivity index (χ2v) is 5.59. The summed E-state index contributed by atoms with van der Waals surface area (Å²) in [5.41, 5.74) is 0.760. The molecule has 1 aliphatic carbocycles. The van der Waals surface area contributed by atoms with E-state index < -0.39 is 0 Å². The molecule has 0 saturated heterocycles. The van der Waals surface area contributed by atoms with Gasteiger partial charge in [-0.05, 0) is 56.0 Å². The van der Waals surface area contributed by atoms with Crippen LogP contribution in [0, 0.1) is 5.92 Å². The maximum atomic E-state index is 11.8. The van der Waals surface area contributed by atoms with Crippen LogP contribution in [-0.2, 0) is 4.79 Å². The van der Waals surface area contributed by atoms with E-state index in [1.807, 2.05) is 24.3 Å². The highest BCUT2D eigenvalue weighted by molar-refractivity contribution is 5.92. The second kappa shape index (κ2) is 8.00. The summed E-state index contributed by atoms with van der Waals surface area (Å²) < 4.78 is 5.07. The summed E-state index contributed by atoms with van der Waals surface area (Å²) in [6.07, 6.45) is 3.79. The summed E-state index contributed by atoms with van der Waals surface area (Å²) in [4.78, 5) is 11.8. The Bertz CT molecular complexity index is 447. The van der Waals surface area contributed by atoms with Gasteiger partial charge in [0.1, 0.15) is 5.75 Å². The number of hydrogen-bond acceptors (Lipinski definition) is 4. The highest BCUT2D eigenvalue weighted by atomic mass is 16.5. The summed E-state index contributed by atoms with van der Waals surface area (Å²) in [5.74, 6) is 1.18. The molecule has 0 bridgehead atoms. The fourth-order valence-corrected chi connectivity index (χ4v) is 2.72. The van der Waals surface area contributed by atoms with Crippen LogP contribution >= 0.6 is 0 Å². The van der Waals surface area contributed by atoms with Crippen LogP contribution in [-0.4, -0.2) is 37.3 Å². The molecule has 5 nitrogen and oxygen atoms in total. The first-order chi connectivity index (χ1) is 10.2. The van der Waals surface area contributed by atoms with Gasteiger partial charge in [0.05, 0.1) is 19.8 Å². The van der Waals surface area contributed by atoms with Crippen molar-refractivity contribution in [3.05, 3.63) is 24.3 Å². The Morgan fingerprint density at radius 1 is 1.33 bits per heavy atom. The minimum absolute atomic E-state index is 0.0588. The Morgan fingerprint density at radius 2 is 2.10 bits per heavy atom. The summed E-state index contributed by atoms with van der Waals surface area (Å²) >= 11 is 0. The maximum absolute atomic E-state index is 11.8. The standard InChI is InChI=1S/C16H24N2O3/c1-21-15-7-5-13(6-8-15)18-16(20)11-17-10-12-3-2-4-14(19)9-12/h5-8,12,14,17,19H,2-4,9-11H2,1H3,(H,18,20). The van der Waals surface area contributed by atoms with Gasteiger partial charge in [-0.2, -0.15) is 0 Å². The van der Waals surface area contributed by atoms with Crippen molar-refractivity contribution in [1.82, 2.24) is 5.32 Å². The van der Waals surface area contributed by atoms with Crippen molar-refractivity contribution >= 4 is 11.6 Å². The van der Waals surface area contributed by atoms with Gasteiger partial charge >= 0.3 is 0 Å². The molecule has 0 aromatic heterocycles. The Balaban J connectivity index is 1.67. The first kappa shape index (κ1) is 15.8. The number of anilines is 1. The molecule has 1 aliphatic rings. The second-order valence-electron chi connectivity index (χ2n) is 5.59. The number of amides is 1. The SMILES string of the molecule is COc1ccc(NC(=O)CNCC2CCCC(O)C2)cc1. The number of carbonyl (C=O) groups excluding carboxylic acids is 1. The molecule has 1 amide bonds. The lowest BCUT2D eigenvalue weighted by Crippen LogP contribution is -2.34. The van der Waals surface area contributed by atoms with Crippen LogP contribution in [0.3, 0.4) is 0 Å². The van der Waals surface area contributed by atoms with Crippen LogP contribution < -0.4 is 15.4 Å². The third-order valence-electron chi connectivity index (χ3n) is 3.85. The summed E-state index contributed by atoms with van der Waals surface area (Å²) in [6.45, 7) is 1.08. The normalized spacial score (nSPS) is 21.8. The number of ether oxygens (including phenoxy) is 1. The number of benzene rings is 1. The topological polar surface area (TPSA) is 70.6 Å². The molecule has 5 heteroatoms. The van der Waals surface area contributed by atoms with Crippen LogP contribution in [0.5, 0.6) is 5.75 Å². The summed E-state index contributed by atoms with van der Waals surface area (Å²) in [6, 6.07) is 7.25. The van der Waals surface area contributed by atoms with Gasteiger partial charge in [-0.25, -0.2) is 0 Å². The largest absolute Gasteiger partial charge is 0.497 e. The van der Waals surface area contributed by atoms with E-state index in [2.05, 4.69) is 10.6 Å². The number of methoxy groups -OCH3 is 1. The van der Waals surface area contributed by atoms with Gasteiger partial charge in [-0.3, -0.25) is 4.79 Å². The Kier molecular flexibility index (Phi) is 6.02. The smallest absolute Gasteiger partial charge is 0.238 e. The van der Waals surface area contributed by atoms with E-state index in [0.717, 1.165) is 43.7 Å². The highest BCUT2D eigenvalue weighted by Crippen LogP contribution is 2.23. The maximum Gasteiger partial charge on any atom is 0.238 e. The van der Waals surface area contributed by atoms with Crippen molar-refractivity contribution in [3.8, 4) is 5.75 Å². The van der Waals surface area contributed by atoms with E-state index >= 15 is 0 Å². The lowest BCUT2D eigenvalue weighted by atomic mass is 9.87. The van der Waals surface area contributed by atoms with Crippen LogP contribution in [0.2, 0.25) is 0 Å². The zero-order valence-electron chi connectivity index (χ0n) is 12.5. The summed E-state index contributed by atoms with van der Waals surface area (Å²) in [5, 5.41) is 15.6. The van der Waals surface area contributed by atoms with Gasteiger partial charge in [0.2, 0.25) is 5.91 Å². The molecule has 3 N–H and O–H groups in total. The van der Waals surface area contributed by atoms with Crippen LogP contribution in [0.15, 0.2) is 24.3 Å². The van der Waals surface area contributed by atoms with Crippen molar-refractivity contribution in [1.29, 1.82) is 0 Å². The molecule has 0 spiro atoms. The monoisotopic (exact) mass is 292 g/mol. The van der Waals surface area contributed by atoms with E-state index in [-0.39, 0.29) is 12.0 Å². The van der Waals surface area contributed by atoms with Gasteiger partial charge in [0, 0.05) is 5.69 Å². The molecule has 21 heavy (non-hydrogen) atoms. The Hall–Kier alpha value is -1.59. The molecule has 2 rings (SSSR count). The van der Waals surface area contributed by atoms with Crippen molar-refractivity contribution in [2.24, 2.45) is 5.92 Å². The predicted molar refractivity (Wildman–Crippen MR) is 82.5 cm³/mol. The first-order valence-electron chi connectivity index (χ1n) is 7.50. The van der Waals surface area contributed by atoms with Crippen molar-refractivity contribution in [3.63, 3.8) is 0 Å². The van der Waals surface area contributed by atoms with Crippen molar-refractivity contribution in [2.45, 2.75) is 31.8 Å². The molecule has 116 valence electrons. The van der Waals surface area contributed by atoms with E-state index in [0.29, 0.717) is 12.5 Å². The molecular weight excluding hydrogens is 268 g/mol. The number of carbonyl (C=O) groups is 1. The van der Waals surface area contributed by atoms with Gasteiger partial charge < -0.3 is 20.5 Å². The fraction of sp³-hybridized carbons (Fsp3) is 0.562. The van der Waals surface area contributed by atoms with Crippen LogP contribution in [0.4, 0.5) is 5.69 Å². The Morgan fingerprint density at radius 3 is 2.76 bits per heavy atom. The van der Waals surface area contributed by atoms with Gasteiger partial charge in [0.15, 0.2) is 0 Å². The average Bonchev–Trinajstić information content (AvgIpc) is 2.48. The number of hydrogen-bond donors (Lipinski definition) is 3. The zero-order valence-corrected chi connectivity index (χ0v) is 12.5. The number of rotatable bonds is 6. The number of aliphatic hydroxyl groups is 1. The number of nitrogens with one attached hydrogen (secondary N) is 2. The third-order valence-corrected chi connectivity index (χ3v) is 3.85. The molecule has 1 aromatic rings. The molecule has 1 fully saturated rings. The lowest BCUT2D eigenvalue weighted by Gasteiger charge is -2.25. The highest BCUT2D eigenvalue weighted by Gasteiger charge is 2.19. The quantitative estimate of drug-likeness (QED) is 0.747. The minimum atomic E-state index is -0.168. The molecule has 2 unspecified atom stereocenters. The molecule has 0 heterocycles. The van der Waals surface area contributed by atoms with Gasteiger partial charge in [0.25, 0.3) is 0 Å². The van der Waals surface area contributed by atoms with Gasteiger partial charge in [-0.15, -0.1) is 0 Å². The average molecular weight is 292 g/mol. The minimum Gasteiger partial charge on any atom is -0.497 e. The molecule has 0 aliphatic heterocycles. The Labute approximate surface area is 125 Å². The molecule has 0 radical (unpaired) electrons.